The number of anilines is 3. The second-order valence-corrected chi connectivity index (χ2v) is 15.3. The molecule has 1 aromatic rings. The quantitative estimate of drug-likeness (QED) is 0.310. The van der Waals surface area contributed by atoms with Gasteiger partial charge in [-0.2, -0.15) is 9.97 Å². The van der Waals surface area contributed by atoms with Crippen LogP contribution in [0.2, 0.25) is 0 Å². The molecular formula is C38H58N6O2. The van der Waals surface area contributed by atoms with Crippen LogP contribution in [-0.4, -0.2) is 85.3 Å². The maximum Gasteiger partial charge on any atom is 0.229 e. The van der Waals surface area contributed by atoms with E-state index in [-0.39, 0.29) is 22.5 Å². The Morgan fingerprint density at radius 1 is 0.957 bits per heavy atom. The van der Waals surface area contributed by atoms with Crippen molar-refractivity contribution in [1.82, 2.24) is 14.9 Å². The summed E-state index contributed by atoms with van der Waals surface area (Å²) in [5.41, 5.74) is 1.43. The zero-order chi connectivity index (χ0) is 32.8. The van der Waals surface area contributed by atoms with Crippen LogP contribution in [0.5, 0.6) is 0 Å². The molecule has 5 aliphatic rings. The van der Waals surface area contributed by atoms with E-state index in [1.54, 1.807) is 0 Å². The van der Waals surface area contributed by atoms with Gasteiger partial charge < -0.3 is 14.7 Å². The lowest BCUT2D eigenvalue weighted by molar-refractivity contribution is -0.132. The highest BCUT2D eigenvalue weighted by atomic mass is 16.1. The summed E-state index contributed by atoms with van der Waals surface area (Å²) in [7, 11) is 0. The number of carbonyl (C=O) groups is 2. The first-order chi connectivity index (χ1) is 22.1. The monoisotopic (exact) mass is 630 g/mol. The Hall–Kier alpha value is -2.74. The molecule has 3 saturated carbocycles. The van der Waals surface area contributed by atoms with E-state index in [9.17, 15) is 9.59 Å². The van der Waals surface area contributed by atoms with E-state index in [0.717, 1.165) is 102 Å². The Kier molecular flexibility index (Phi) is 9.41. The van der Waals surface area contributed by atoms with E-state index in [1.807, 2.05) is 12.2 Å². The Morgan fingerprint density at radius 3 is 2.33 bits per heavy atom. The normalized spacial score (nSPS) is 34.1. The summed E-state index contributed by atoms with van der Waals surface area (Å²) in [6, 6.07) is 2.16. The SMILES string of the molecule is CCN(CC)c1cc(N2CCN(CC(=O)[C@H]3[C@H](C)C[C@H]4[C@@H]5CCC6=CC(=O)C=C[C@]6(C)[C@H]5CC[C@@]43C)CC2)nc(N(CC)CC)n1. The van der Waals surface area contributed by atoms with Crippen LogP contribution in [0.15, 0.2) is 29.9 Å². The second-order valence-electron chi connectivity index (χ2n) is 15.3. The largest absolute Gasteiger partial charge is 0.357 e. The fraction of sp³-hybridized carbons (Fsp3) is 0.737. The summed E-state index contributed by atoms with van der Waals surface area (Å²) in [6.07, 6.45) is 11.6. The Morgan fingerprint density at radius 2 is 1.65 bits per heavy atom. The van der Waals surface area contributed by atoms with Crippen molar-refractivity contribution in [3.8, 4) is 0 Å². The van der Waals surface area contributed by atoms with Crippen molar-refractivity contribution in [3.63, 3.8) is 0 Å². The van der Waals surface area contributed by atoms with E-state index in [2.05, 4.69) is 80.2 Å². The predicted octanol–water partition coefficient (Wildman–Crippen LogP) is 6.03. The molecule has 6 rings (SSSR count). The van der Waals surface area contributed by atoms with E-state index in [4.69, 9.17) is 9.97 Å². The van der Waals surface area contributed by atoms with Crippen molar-refractivity contribution < 1.29 is 9.59 Å². The highest BCUT2D eigenvalue weighted by Gasteiger charge is 2.61. The summed E-state index contributed by atoms with van der Waals surface area (Å²) in [5.74, 6) is 5.79. The molecule has 0 amide bonds. The van der Waals surface area contributed by atoms with Gasteiger partial charge >= 0.3 is 0 Å². The van der Waals surface area contributed by atoms with E-state index in [1.165, 1.54) is 5.57 Å². The van der Waals surface area contributed by atoms with Crippen LogP contribution in [0.4, 0.5) is 17.6 Å². The van der Waals surface area contributed by atoms with E-state index >= 15 is 0 Å². The lowest BCUT2D eigenvalue weighted by Crippen LogP contribution is -2.52. The highest BCUT2D eigenvalue weighted by Crippen LogP contribution is 2.67. The van der Waals surface area contributed by atoms with Crippen LogP contribution in [0, 0.1) is 40.4 Å². The molecule has 0 radical (unpaired) electrons. The highest BCUT2D eigenvalue weighted by molar-refractivity contribution is 6.01. The van der Waals surface area contributed by atoms with Gasteiger partial charge in [0.15, 0.2) is 11.6 Å². The van der Waals surface area contributed by atoms with Gasteiger partial charge in [0, 0.05) is 69.8 Å². The van der Waals surface area contributed by atoms with Crippen LogP contribution in [0.1, 0.15) is 80.6 Å². The third-order valence-electron chi connectivity index (χ3n) is 13.1. The third kappa shape index (κ3) is 5.71. The van der Waals surface area contributed by atoms with Gasteiger partial charge in [-0.05, 0) is 101 Å². The fourth-order valence-corrected chi connectivity index (χ4v) is 10.6. The number of piperazine rings is 1. The van der Waals surface area contributed by atoms with Gasteiger partial charge in [-0.1, -0.05) is 32.4 Å². The molecule has 8 nitrogen and oxygen atoms in total. The molecule has 2 heterocycles. The number of rotatable bonds is 10. The summed E-state index contributed by atoms with van der Waals surface area (Å²) >= 11 is 0. The number of ketones is 2. The minimum absolute atomic E-state index is 0.00506. The molecule has 1 saturated heterocycles. The maximum absolute atomic E-state index is 14.2. The Bertz CT molecular complexity index is 1330. The number of aromatic nitrogens is 2. The van der Waals surface area contributed by atoms with E-state index < -0.39 is 0 Å². The van der Waals surface area contributed by atoms with Gasteiger partial charge in [0.05, 0.1) is 6.54 Å². The molecule has 0 spiro atoms. The number of allylic oxidation sites excluding steroid dienone is 4. The van der Waals surface area contributed by atoms with Crippen molar-refractivity contribution >= 4 is 29.2 Å². The zero-order valence-corrected chi connectivity index (χ0v) is 29.6. The first-order valence-corrected chi connectivity index (χ1v) is 18.4. The maximum atomic E-state index is 14.2. The molecule has 1 aliphatic heterocycles. The molecule has 8 heteroatoms. The zero-order valence-electron chi connectivity index (χ0n) is 29.6. The summed E-state index contributed by atoms with van der Waals surface area (Å²) in [6.45, 7) is 23.5. The molecule has 0 N–H and O–H groups in total. The molecule has 7 atom stereocenters. The number of hydrogen-bond donors (Lipinski definition) is 0. The predicted molar refractivity (Wildman–Crippen MR) is 187 cm³/mol. The topological polar surface area (TPSA) is 72.9 Å². The minimum atomic E-state index is 0.00506. The first-order valence-electron chi connectivity index (χ1n) is 18.4. The second kappa shape index (κ2) is 13.0. The molecule has 0 aromatic carbocycles. The average molecular weight is 631 g/mol. The van der Waals surface area contributed by atoms with Gasteiger partial charge in [-0.3, -0.25) is 14.5 Å². The van der Waals surface area contributed by atoms with Crippen molar-refractivity contribution in [2.45, 2.75) is 80.6 Å². The Labute approximate surface area is 277 Å². The molecule has 1 aromatic heterocycles. The van der Waals surface area contributed by atoms with Crippen LogP contribution >= 0.6 is 0 Å². The smallest absolute Gasteiger partial charge is 0.229 e. The summed E-state index contributed by atoms with van der Waals surface area (Å²) < 4.78 is 0. The number of nitrogens with zero attached hydrogens (tertiary/aromatic N) is 6. The lowest BCUT2D eigenvalue weighted by Gasteiger charge is -2.57. The van der Waals surface area contributed by atoms with Crippen LogP contribution in [0.25, 0.3) is 0 Å². The summed E-state index contributed by atoms with van der Waals surface area (Å²) in [5, 5.41) is 0. The number of hydrogen-bond acceptors (Lipinski definition) is 8. The molecule has 46 heavy (non-hydrogen) atoms. The number of Topliss-reactive ketones (excluding diaryl/α,β-unsaturated/α-hetero) is 1. The minimum Gasteiger partial charge on any atom is -0.357 e. The van der Waals surface area contributed by atoms with Crippen molar-refractivity contribution in [2.75, 3.05) is 73.6 Å². The molecular weight excluding hydrogens is 572 g/mol. The van der Waals surface area contributed by atoms with Crippen LogP contribution in [-0.2, 0) is 9.59 Å². The summed E-state index contributed by atoms with van der Waals surface area (Å²) in [4.78, 5) is 45.7. The standard InChI is InChI=1S/C38H58N6O2/c1-8-42(9-2)33-24-34(40-36(39-33)43(10-3)11-4)44-20-18-41(19-21-44)25-32(46)35-26(5)22-31-29-13-12-27-23-28(45)14-16-37(27,6)30(29)15-17-38(31,35)7/h14,16,23-24,26,29-31,35H,8-13,15,17-22,25H2,1-7H3/t26-,29-,30+,31+,35-,37+,38+/m1/s1. The van der Waals surface area contributed by atoms with E-state index in [0.29, 0.717) is 36.0 Å². The Balaban J connectivity index is 1.12. The first kappa shape index (κ1) is 33.2. The molecule has 0 unspecified atom stereocenters. The third-order valence-corrected chi connectivity index (χ3v) is 13.1. The van der Waals surface area contributed by atoms with Gasteiger partial charge in [0.25, 0.3) is 0 Å². The van der Waals surface area contributed by atoms with Gasteiger partial charge in [-0.15, -0.1) is 0 Å². The average Bonchev–Trinajstić information content (AvgIpc) is 3.32. The van der Waals surface area contributed by atoms with Gasteiger partial charge in [0.2, 0.25) is 5.95 Å². The van der Waals surface area contributed by atoms with Crippen molar-refractivity contribution in [3.05, 3.63) is 29.9 Å². The van der Waals surface area contributed by atoms with Gasteiger partial charge in [0.1, 0.15) is 11.6 Å². The van der Waals surface area contributed by atoms with Crippen LogP contribution in [0.3, 0.4) is 0 Å². The van der Waals surface area contributed by atoms with Gasteiger partial charge in [-0.25, -0.2) is 0 Å². The lowest BCUT2D eigenvalue weighted by atomic mass is 9.47. The molecule has 4 aliphatic carbocycles. The fourth-order valence-electron chi connectivity index (χ4n) is 10.6. The van der Waals surface area contributed by atoms with Crippen LogP contribution < -0.4 is 14.7 Å². The van der Waals surface area contributed by atoms with Crippen molar-refractivity contribution in [2.24, 2.45) is 40.4 Å². The molecule has 4 fully saturated rings. The molecule has 252 valence electrons. The molecule has 0 bridgehead atoms. The number of fused-ring (bicyclic) bond motifs is 5. The van der Waals surface area contributed by atoms with Crippen molar-refractivity contribution in [1.29, 1.82) is 0 Å². The number of carbonyl (C=O) groups excluding carboxylic acids is 2.